The predicted molar refractivity (Wildman–Crippen MR) is 120 cm³/mol. The van der Waals surface area contributed by atoms with E-state index in [4.69, 9.17) is 4.74 Å². The van der Waals surface area contributed by atoms with Crippen molar-refractivity contribution in [2.24, 2.45) is 0 Å². The third-order valence-electron chi connectivity index (χ3n) is 5.61. The lowest BCUT2D eigenvalue weighted by molar-refractivity contribution is 0.226. The van der Waals surface area contributed by atoms with Gasteiger partial charge in [-0.2, -0.15) is 0 Å². The zero-order valence-electron chi connectivity index (χ0n) is 17.2. The third-order valence-corrected chi connectivity index (χ3v) is 5.61. The monoisotopic (exact) mass is 414 g/mol. The highest BCUT2D eigenvalue weighted by Crippen LogP contribution is 2.32. The predicted octanol–water partition coefficient (Wildman–Crippen LogP) is 5.28. The normalized spacial score (nSPS) is 15.0. The summed E-state index contributed by atoms with van der Waals surface area (Å²) in [5.41, 5.74) is 4.99. The van der Waals surface area contributed by atoms with Gasteiger partial charge in [-0.15, -0.1) is 0 Å². The molecule has 1 aliphatic heterocycles. The van der Waals surface area contributed by atoms with E-state index in [-0.39, 0.29) is 11.9 Å². The smallest absolute Gasteiger partial charge is 0.141 e. The summed E-state index contributed by atoms with van der Waals surface area (Å²) in [4.78, 5) is 12.1. The van der Waals surface area contributed by atoms with Crippen LogP contribution in [0.1, 0.15) is 30.7 Å². The third kappa shape index (κ3) is 3.94. The average molecular weight is 414 g/mol. The molecule has 0 amide bonds. The van der Waals surface area contributed by atoms with Gasteiger partial charge in [0.05, 0.1) is 11.4 Å². The Balaban J connectivity index is 1.44. The van der Waals surface area contributed by atoms with Crippen LogP contribution < -0.4 is 10.1 Å². The molecule has 2 aromatic carbocycles. The van der Waals surface area contributed by atoms with E-state index in [1.807, 2.05) is 43.3 Å². The van der Waals surface area contributed by atoms with E-state index < -0.39 is 0 Å². The summed E-state index contributed by atoms with van der Waals surface area (Å²) in [6.07, 6.45) is 4.44. The van der Waals surface area contributed by atoms with Crippen LogP contribution in [0.4, 0.5) is 4.39 Å². The minimum absolute atomic E-state index is 0.171. The number of aromatic amines is 1. The molecule has 0 bridgehead atoms. The molecule has 1 atom stereocenters. The van der Waals surface area contributed by atoms with Crippen molar-refractivity contribution in [1.82, 2.24) is 20.3 Å². The van der Waals surface area contributed by atoms with Gasteiger partial charge in [-0.25, -0.2) is 14.4 Å². The van der Waals surface area contributed by atoms with Gasteiger partial charge >= 0.3 is 0 Å². The van der Waals surface area contributed by atoms with Crippen molar-refractivity contribution >= 4 is 16.6 Å². The van der Waals surface area contributed by atoms with Gasteiger partial charge in [-0.05, 0) is 49.2 Å². The summed E-state index contributed by atoms with van der Waals surface area (Å²) in [5, 5.41) is 4.22. The van der Waals surface area contributed by atoms with Crippen LogP contribution in [-0.4, -0.2) is 28.0 Å². The molecule has 4 aromatic rings. The van der Waals surface area contributed by atoms with Gasteiger partial charge in [-0.1, -0.05) is 36.4 Å². The first kappa shape index (κ1) is 19.5. The Hall–Kier alpha value is -3.51. The number of benzene rings is 2. The van der Waals surface area contributed by atoms with Crippen molar-refractivity contribution in [2.75, 3.05) is 13.1 Å². The summed E-state index contributed by atoms with van der Waals surface area (Å²) in [7, 11) is 0. The lowest BCUT2D eigenvalue weighted by atomic mass is 10.0. The standard InChI is InChI=1S/C25H23FN4O/c1-16(17-5-3-2-4-6-17)31-19-7-8-20(22(26)13-19)23-14-21-24(18-9-11-27-12-10-18)28-15-29-25(21)30-23/h2-9,13-16,27H,10-12H2,1H3,(H,28,29,30)/t16-/m0/s1. The first-order valence-electron chi connectivity index (χ1n) is 10.4. The van der Waals surface area contributed by atoms with Crippen LogP contribution in [0.25, 0.3) is 27.9 Å². The molecule has 2 N–H and O–H groups in total. The molecule has 0 saturated heterocycles. The van der Waals surface area contributed by atoms with E-state index in [1.54, 1.807) is 18.5 Å². The maximum atomic E-state index is 15.0. The second-order valence-corrected chi connectivity index (χ2v) is 7.66. The van der Waals surface area contributed by atoms with Gasteiger partial charge in [-0.3, -0.25) is 0 Å². The molecule has 0 spiro atoms. The van der Waals surface area contributed by atoms with Crippen LogP contribution in [0.15, 0.2) is 67.0 Å². The molecule has 6 heteroatoms. The van der Waals surface area contributed by atoms with Gasteiger partial charge in [0.1, 0.15) is 29.6 Å². The van der Waals surface area contributed by atoms with E-state index in [0.717, 1.165) is 36.2 Å². The fraction of sp³-hybridized carbons (Fsp3) is 0.200. The summed E-state index contributed by atoms with van der Waals surface area (Å²) < 4.78 is 21.0. The first-order chi connectivity index (χ1) is 15.2. The Morgan fingerprint density at radius 1 is 1.06 bits per heavy atom. The number of ether oxygens (including phenoxy) is 1. The highest BCUT2D eigenvalue weighted by atomic mass is 19.1. The Kier molecular flexibility index (Phi) is 5.22. The number of halogens is 1. The average Bonchev–Trinajstić information content (AvgIpc) is 3.24. The van der Waals surface area contributed by atoms with Crippen LogP contribution in [-0.2, 0) is 0 Å². The summed E-state index contributed by atoms with van der Waals surface area (Å²) in [5.74, 6) is 0.147. The molecule has 0 aliphatic carbocycles. The molecular weight excluding hydrogens is 391 g/mol. The Morgan fingerprint density at radius 3 is 2.71 bits per heavy atom. The second kappa shape index (κ2) is 8.32. The molecule has 0 fully saturated rings. The van der Waals surface area contributed by atoms with Gasteiger partial charge in [0.15, 0.2) is 0 Å². The second-order valence-electron chi connectivity index (χ2n) is 7.66. The fourth-order valence-corrected chi connectivity index (χ4v) is 3.96. The van der Waals surface area contributed by atoms with Crippen molar-refractivity contribution in [3.8, 4) is 17.0 Å². The van der Waals surface area contributed by atoms with E-state index in [9.17, 15) is 0 Å². The first-order valence-corrected chi connectivity index (χ1v) is 10.4. The van der Waals surface area contributed by atoms with Crippen molar-refractivity contribution in [1.29, 1.82) is 0 Å². The zero-order chi connectivity index (χ0) is 21.2. The zero-order valence-corrected chi connectivity index (χ0v) is 17.2. The lowest BCUT2D eigenvalue weighted by Crippen LogP contribution is -2.20. The molecule has 1 aliphatic rings. The number of hydrogen-bond donors (Lipinski definition) is 2. The SMILES string of the molecule is C[C@H](Oc1ccc(-c2cc3c(C4=CCNCC4)ncnc3[nH]2)c(F)c1)c1ccccc1. The van der Waals surface area contributed by atoms with E-state index in [0.29, 0.717) is 22.7 Å². The maximum Gasteiger partial charge on any atom is 0.141 e. The topological polar surface area (TPSA) is 62.8 Å². The number of nitrogens with one attached hydrogen (secondary N) is 2. The fourth-order valence-electron chi connectivity index (χ4n) is 3.96. The molecule has 2 aromatic heterocycles. The van der Waals surface area contributed by atoms with Crippen molar-refractivity contribution in [3.05, 3.63) is 84.1 Å². The summed E-state index contributed by atoms with van der Waals surface area (Å²) in [6.45, 7) is 3.70. The minimum atomic E-state index is -0.347. The number of hydrogen-bond acceptors (Lipinski definition) is 4. The molecule has 31 heavy (non-hydrogen) atoms. The largest absolute Gasteiger partial charge is 0.486 e. The Morgan fingerprint density at radius 2 is 1.94 bits per heavy atom. The number of fused-ring (bicyclic) bond motifs is 1. The Labute approximate surface area is 180 Å². The van der Waals surface area contributed by atoms with Crippen LogP contribution in [0.2, 0.25) is 0 Å². The molecule has 0 unspecified atom stereocenters. The van der Waals surface area contributed by atoms with Gasteiger partial charge < -0.3 is 15.0 Å². The van der Waals surface area contributed by atoms with E-state index >= 15 is 4.39 Å². The maximum absolute atomic E-state index is 15.0. The van der Waals surface area contributed by atoms with Gasteiger partial charge in [0, 0.05) is 23.6 Å². The minimum Gasteiger partial charge on any atom is -0.486 e. The van der Waals surface area contributed by atoms with Crippen LogP contribution in [0.3, 0.4) is 0 Å². The number of nitrogens with zero attached hydrogens (tertiary/aromatic N) is 2. The molecule has 0 radical (unpaired) electrons. The highest BCUT2D eigenvalue weighted by Gasteiger charge is 2.16. The van der Waals surface area contributed by atoms with Crippen molar-refractivity contribution in [3.63, 3.8) is 0 Å². The molecule has 5 nitrogen and oxygen atoms in total. The quantitative estimate of drug-likeness (QED) is 0.466. The van der Waals surface area contributed by atoms with Crippen LogP contribution in [0.5, 0.6) is 5.75 Å². The molecule has 5 rings (SSSR count). The van der Waals surface area contributed by atoms with E-state index in [2.05, 4.69) is 26.3 Å². The van der Waals surface area contributed by atoms with Gasteiger partial charge in [0.25, 0.3) is 0 Å². The van der Waals surface area contributed by atoms with E-state index in [1.165, 1.54) is 11.6 Å². The molecule has 156 valence electrons. The highest BCUT2D eigenvalue weighted by molar-refractivity contribution is 5.92. The van der Waals surface area contributed by atoms with Crippen LogP contribution >= 0.6 is 0 Å². The number of H-pyrrole nitrogens is 1. The van der Waals surface area contributed by atoms with Crippen LogP contribution in [0, 0.1) is 5.82 Å². The van der Waals surface area contributed by atoms with Gasteiger partial charge in [0.2, 0.25) is 0 Å². The molecule has 0 saturated carbocycles. The number of aromatic nitrogens is 3. The molecular formula is C25H23FN4O. The molecule has 3 heterocycles. The number of rotatable bonds is 5. The van der Waals surface area contributed by atoms with Crippen molar-refractivity contribution < 1.29 is 9.13 Å². The van der Waals surface area contributed by atoms with Crippen molar-refractivity contribution in [2.45, 2.75) is 19.4 Å². The Bertz CT molecular complexity index is 1250. The summed E-state index contributed by atoms with van der Waals surface area (Å²) >= 11 is 0. The summed E-state index contributed by atoms with van der Waals surface area (Å²) in [6, 6.07) is 16.8. The lowest BCUT2D eigenvalue weighted by Gasteiger charge is -2.15.